The van der Waals surface area contributed by atoms with Gasteiger partial charge in [0.05, 0.1) is 11.4 Å². The molecule has 2 aromatic rings. The minimum Gasteiger partial charge on any atom is -0.326 e. The second kappa shape index (κ2) is 9.30. The van der Waals surface area contributed by atoms with Gasteiger partial charge in [-0.05, 0) is 99.2 Å². The Morgan fingerprint density at radius 3 is 2.41 bits per heavy atom. The van der Waals surface area contributed by atoms with Crippen molar-refractivity contribution >= 4 is 11.6 Å². The fraction of sp³-hybridized carbons (Fsp3) is 0.593. The molecule has 4 rings (SSSR count). The molecular weight excluding hydrogens is 396 g/mol. The van der Waals surface area contributed by atoms with Gasteiger partial charge in [0.25, 0.3) is 0 Å². The lowest BCUT2D eigenvalue weighted by atomic mass is 9.88. The van der Waals surface area contributed by atoms with Crippen molar-refractivity contribution in [2.45, 2.75) is 66.2 Å². The zero-order chi connectivity index (χ0) is 22.8. The molecule has 5 heteroatoms. The van der Waals surface area contributed by atoms with Gasteiger partial charge in [-0.2, -0.15) is 10.2 Å². The summed E-state index contributed by atoms with van der Waals surface area (Å²) in [5.74, 6) is 0.806. The molecule has 172 valence electrons. The van der Waals surface area contributed by atoms with Gasteiger partial charge in [-0.25, -0.2) is 0 Å². The van der Waals surface area contributed by atoms with E-state index < -0.39 is 0 Å². The van der Waals surface area contributed by atoms with Crippen LogP contribution in [0.25, 0.3) is 11.3 Å². The number of hydrogen-bond donors (Lipinski definition) is 1. The predicted molar refractivity (Wildman–Crippen MR) is 130 cm³/mol. The highest BCUT2D eigenvalue weighted by atomic mass is 16.1. The first-order chi connectivity index (χ1) is 15.2. The summed E-state index contributed by atoms with van der Waals surface area (Å²) in [6.07, 6.45) is 7.71. The number of nitrogens with zero attached hydrogens (tertiary/aromatic N) is 3. The maximum atomic E-state index is 11.2. The molecule has 0 bridgehead atoms. The summed E-state index contributed by atoms with van der Waals surface area (Å²) in [6.45, 7) is 12.3. The summed E-state index contributed by atoms with van der Waals surface area (Å²) in [5, 5.41) is 11.7. The first-order valence-corrected chi connectivity index (χ1v) is 12.2. The molecule has 1 N–H and O–H groups in total. The van der Waals surface area contributed by atoms with Gasteiger partial charge >= 0.3 is 0 Å². The van der Waals surface area contributed by atoms with Crippen LogP contribution in [-0.2, 0) is 11.2 Å². The Morgan fingerprint density at radius 2 is 1.81 bits per heavy atom. The van der Waals surface area contributed by atoms with E-state index in [1.807, 2.05) is 24.3 Å². The number of aryl methyl sites for hydroxylation is 1. The van der Waals surface area contributed by atoms with Crippen molar-refractivity contribution in [3.8, 4) is 11.3 Å². The van der Waals surface area contributed by atoms with E-state index in [-0.39, 0.29) is 5.91 Å². The maximum absolute atomic E-state index is 11.2. The largest absolute Gasteiger partial charge is 0.326 e. The van der Waals surface area contributed by atoms with Crippen LogP contribution in [0.1, 0.15) is 65.5 Å². The van der Waals surface area contributed by atoms with E-state index >= 15 is 0 Å². The van der Waals surface area contributed by atoms with Crippen molar-refractivity contribution in [3.05, 3.63) is 42.1 Å². The van der Waals surface area contributed by atoms with Crippen LogP contribution in [0.5, 0.6) is 0 Å². The zero-order valence-electron chi connectivity index (χ0n) is 20.2. The number of rotatable bonds is 7. The van der Waals surface area contributed by atoms with Crippen molar-refractivity contribution in [2.24, 2.45) is 16.7 Å². The van der Waals surface area contributed by atoms with E-state index in [1.54, 1.807) is 0 Å². The number of aromatic nitrogens is 2. The Bertz CT molecular complexity index is 906. The molecule has 0 unspecified atom stereocenters. The van der Waals surface area contributed by atoms with Crippen LogP contribution in [0.15, 0.2) is 36.4 Å². The quantitative estimate of drug-likeness (QED) is 0.619. The summed E-state index contributed by atoms with van der Waals surface area (Å²) in [6, 6.07) is 11.9. The van der Waals surface area contributed by atoms with Crippen molar-refractivity contribution in [1.82, 2.24) is 15.1 Å². The molecule has 1 spiro atoms. The predicted octanol–water partition coefficient (Wildman–Crippen LogP) is 5.57. The minimum atomic E-state index is -0.0644. The summed E-state index contributed by atoms with van der Waals surface area (Å²) in [5.41, 5.74) is 4.83. The van der Waals surface area contributed by atoms with Crippen LogP contribution >= 0.6 is 0 Å². The van der Waals surface area contributed by atoms with Gasteiger partial charge in [0.2, 0.25) is 5.91 Å². The van der Waals surface area contributed by atoms with Crippen LogP contribution in [0.3, 0.4) is 0 Å². The normalized spacial score (nSPS) is 20.3. The SMILES string of the molecule is CC(=O)Nc1ccc(-c2ccc(CC[C@@H]3CC34CCN(CCC(C)(C)C)CC4)nn2)cc1. The monoisotopic (exact) mass is 434 g/mol. The molecule has 1 aliphatic heterocycles. The number of amides is 1. The fourth-order valence-electron chi connectivity index (χ4n) is 5.06. The van der Waals surface area contributed by atoms with Crippen LogP contribution in [0.4, 0.5) is 5.69 Å². The van der Waals surface area contributed by atoms with Crippen molar-refractivity contribution in [1.29, 1.82) is 0 Å². The van der Waals surface area contributed by atoms with E-state index in [4.69, 9.17) is 0 Å². The standard InChI is InChI=1S/C27H38N4O/c1-20(32)28-23-8-5-21(6-9-23)25-12-11-24(29-30-25)10-7-22-19-27(22)14-17-31(18-15-27)16-13-26(2,3)4/h5-6,8-9,11-12,22H,7,10,13-19H2,1-4H3,(H,28,32)/t22-/m1/s1. The summed E-state index contributed by atoms with van der Waals surface area (Å²) < 4.78 is 0. The van der Waals surface area contributed by atoms with E-state index in [1.165, 1.54) is 58.7 Å². The topological polar surface area (TPSA) is 58.1 Å². The average Bonchev–Trinajstić information content (AvgIpc) is 3.43. The third-order valence-corrected chi connectivity index (χ3v) is 7.36. The first-order valence-electron chi connectivity index (χ1n) is 12.2. The minimum absolute atomic E-state index is 0.0644. The molecule has 2 fully saturated rings. The molecule has 1 aromatic carbocycles. The molecule has 1 aliphatic carbocycles. The molecule has 0 radical (unpaired) electrons. The smallest absolute Gasteiger partial charge is 0.221 e. The lowest BCUT2D eigenvalue weighted by Gasteiger charge is -2.34. The lowest BCUT2D eigenvalue weighted by molar-refractivity contribution is -0.114. The second-order valence-corrected chi connectivity index (χ2v) is 11.1. The van der Waals surface area contributed by atoms with Gasteiger partial charge in [0, 0.05) is 18.2 Å². The van der Waals surface area contributed by atoms with Crippen LogP contribution in [0.2, 0.25) is 0 Å². The number of hydrogen-bond acceptors (Lipinski definition) is 4. The van der Waals surface area contributed by atoms with E-state index in [0.29, 0.717) is 10.8 Å². The van der Waals surface area contributed by atoms with Gasteiger partial charge < -0.3 is 10.2 Å². The Labute approximate surface area is 193 Å². The van der Waals surface area contributed by atoms with E-state index in [9.17, 15) is 4.79 Å². The Kier molecular flexibility index (Phi) is 6.66. The van der Waals surface area contributed by atoms with Gasteiger partial charge in [-0.15, -0.1) is 0 Å². The molecule has 1 amide bonds. The lowest BCUT2D eigenvalue weighted by Crippen LogP contribution is -2.37. The molecule has 1 saturated carbocycles. The maximum Gasteiger partial charge on any atom is 0.221 e. The summed E-state index contributed by atoms with van der Waals surface area (Å²) >= 11 is 0. The zero-order valence-corrected chi connectivity index (χ0v) is 20.2. The highest BCUT2D eigenvalue weighted by Crippen LogP contribution is 2.61. The van der Waals surface area contributed by atoms with Gasteiger partial charge in [-0.1, -0.05) is 32.9 Å². The number of piperidine rings is 1. The molecule has 32 heavy (non-hydrogen) atoms. The van der Waals surface area contributed by atoms with Crippen LogP contribution in [0, 0.1) is 16.7 Å². The highest BCUT2D eigenvalue weighted by Gasteiger charge is 2.53. The van der Waals surface area contributed by atoms with Crippen LogP contribution in [-0.4, -0.2) is 40.6 Å². The number of carbonyl (C=O) groups is 1. The molecule has 2 heterocycles. The Balaban J connectivity index is 1.22. The van der Waals surface area contributed by atoms with E-state index in [0.717, 1.165) is 35.0 Å². The number of carbonyl (C=O) groups excluding carboxylic acids is 1. The Hall–Kier alpha value is -2.27. The van der Waals surface area contributed by atoms with Crippen molar-refractivity contribution < 1.29 is 4.79 Å². The number of likely N-dealkylation sites (tertiary alicyclic amines) is 1. The molecule has 1 atom stereocenters. The molecule has 1 aromatic heterocycles. The molecule has 1 saturated heterocycles. The summed E-state index contributed by atoms with van der Waals surface area (Å²) in [4.78, 5) is 13.8. The first kappa shape index (κ1) is 22.9. The van der Waals surface area contributed by atoms with Gasteiger partial charge in [-0.3, -0.25) is 4.79 Å². The third-order valence-electron chi connectivity index (χ3n) is 7.36. The average molecular weight is 435 g/mol. The number of nitrogens with one attached hydrogen (secondary N) is 1. The van der Waals surface area contributed by atoms with E-state index in [2.05, 4.69) is 53.3 Å². The molecule has 2 aliphatic rings. The fourth-order valence-corrected chi connectivity index (χ4v) is 5.06. The Morgan fingerprint density at radius 1 is 1.09 bits per heavy atom. The van der Waals surface area contributed by atoms with Gasteiger partial charge in [0.1, 0.15) is 0 Å². The summed E-state index contributed by atoms with van der Waals surface area (Å²) in [7, 11) is 0. The third kappa shape index (κ3) is 5.94. The second-order valence-electron chi connectivity index (χ2n) is 11.1. The highest BCUT2D eigenvalue weighted by molar-refractivity contribution is 5.88. The number of benzene rings is 1. The molecule has 5 nitrogen and oxygen atoms in total. The van der Waals surface area contributed by atoms with Crippen LogP contribution < -0.4 is 5.32 Å². The van der Waals surface area contributed by atoms with Gasteiger partial charge in [0.15, 0.2) is 0 Å². The number of anilines is 1. The molecular formula is C27H38N4O. The van der Waals surface area contributed by atoms with Crippen molar-refractivity contribution in [3.63, 3.8) is 0 Å². The van der Waals surface area contributed by atoms with Crippen molar-refractivity contribution in [2.75, 3.05) is 25.0 Å².